The van der Waals surface area contributed by atoms with Crippen molar-refractivity contribution in [3.05, 3.63) is 133 Å². The number of anilines is 1. The molecule has 4 unspecified atom stereocenters. The van der Waals surface area contributed by atoms with Gasteiger partial charge in [0.1, 0.15) is 18.7 Å². The van der Waals surface area contributed by atoms with Crippen molar-refractivity contribution < 1.29 is 25.2 Å². The molecule has 49 heavy (non-hydrogen) atoms. The lowest BCUT2D eigenvalue weighted by Crippen LogP contribution is -2.57. The van der Waals surface area contributed by atoms with E-state index in [-0.39, 0.29) is 13.0 Å². The van der Waals surface area contributed by atoms with E-state index in [9.17, 15) is 20.4 Å². The molecule has 2 aromatic heterocycles. The molecule has 2 heterocycles. The Labute approximate surface area is 287 Å². The lowest BCUT2D eigenvalue weighted by atomic mass is 9.85. The highest BCUT2D eigenvalue weighted by Crippen LogP contribution is 2.30. The molecule has 10 heteroatoms. The summed E-state index contributed by atoms with van der Waals surface area (Å²) in [5, 5.41) is 50.1. The van der Waals surface area contributed by atoms with Crippen LogP contribution < -0.4 is 16.4 Å². The highest BCUT2D eigenvalue weighted by atomic mass is 16.6. The number of nitrogens with zero attached hydrogens (tertiary/aromatic N) is 2. The molecule has 0 saturated heterocycles. The molecule has 0 aliphatic carbocycles. The summed E-state index contributed by atoms with van der Waals surface area (Å²) in [6.45, 7) is 6.16. The fourth-order valence-electron chi connectivity index (χ4n) is 5.78. The number of hydrogen-bond donors (Lipinski definition) is 7. The number of benzene rings is 3. The normalized spacial score (nSPS) is 15.6. The molecule has 0 fully saturated rings. The number of pyridine rings is 1. The zero-order valence-corrected chi connectivity index (χ0v) is 28.1. The topological polar surface area (TPSA) is 158 Å². The maximum atomic E-state index is 11.8. The van der Waals surface area contributed by atoms with Crippen LogP contribution >= 0.6 is 0 Å². The summed E-state index contributed by atoms with van der Waals surface area (Å²) >= 11 is 0. The predicted molar refractivity (Wildman–Crippen MR) is 192 cm³/mol. The Morgan fingerprint density at radius 1 is 0.755 bits per heavy atom. The molecular weight excluding hydrogens is 618 g/mol. The van der Waals surface area contributed by atoms with Gasteiger partial charge in [-0.05, 0) is 57.0 Å². The van der Waals surface area contributed by atoms with E-state index in [1.807, 2.05) is 123 Å². The first-order valence-electron chi connectivity index (χ1n) is 16.4. The van der Waals surface area contributed by atoms with Crippen molar-refractivity contribution in [1.29, 1.82) is 0 Å². The second-order valence-corrected chi connectivity index (χ2v) is 13.3. The van der Waals surface area contributed by atoms with Crippen LogP contribution in [0.25, 0.3) is 22.3 Å². The summed E-state index contributed by atoms with van der Waals surface area (Å²) < 4.78 is 7.68. The van der Waals surface area contributed by atoms with E-state index >= 15 is 0 Å². The van der Waals surface area contributed by atoms with Crippen LogP contribution in [0.4, 0.5) is 5.69 Å². The quantitative estimate of drug-likeness (QED) is 0.0729. The van der Waals surface area contributed by atoms with Crippen LogP contribution in [0.3, 0.4) is 0 Å². The van der Waals surface area contributed by atoms with E-state index in [4.69, 9.17) is 10.5 Å². The van der Waals surface area contributed by atoms with Crippen molar-refractivity contribution in [2.24, 2.45) is 11.1 Å². The first-order valence-corrected chi connectivity index (χ1v) is 16.4. The molecule has 258 valence electrons. The largest absolute Gasteiger partial charge is 0.376 e. The molecule has 0 aliphatic rings. The first kappa shape index (κ1) is 35.9. The van der Waals surface area contributed by atoms with Gasteiger partial charge in [-0.15, -0.1) is 0 Å². The third kappa shape index (κ3) is 9.84. The smallest absolute Gasteiger partial charge is 0.157 e. The Morgan fingerprint density at radius 2 is 1.35 bits per heavy atom. The minimum absolute atomic E-state index is 0.0757. The number of aliphatic hydroxyl groups is 4. The van der Waals surface area contributed by atoms with Crippen LogP contribution in [0.2, 0.25) is 0 Å². The molecule has 5 aromatic rings. The molecule has 0 saturated carbocycles. The molecule has 0 spiro atoms. The number of hydrogen-bond acceptors (Lipinski definition) is 9. The number of ether oxygens (including phenoxy) is 1. The van der Waals surface area contributed by atoms with E-state index in [0.717, 1.165) is 27.8 Å². The third-order valence-electron chi connectivity index (χ3n) is 8.59. The number of aliphatic hydroxyl groups excluding tert-OH is 4. The van der Waals surface area contributed by atoms with Gasteiger partial charge in [0, 0.05) is 36.9 Å². The highest BCUT2D eigenvalue weighted by Gasteiger charge is 2.36. The second kappa shape index (κ2) is 16.3. The summed E-state index contributed by atoms with van der Waals surface area (Å²) in [5.41, 5.74) is 11.3. The van der Waals surface area contributed by atoms with Gasteiger partial charge in [0.05, 0.1) is 18.7 Å². The van der Waals surface area contributed by atoms with Crippen LogP contribution in [0.15, 0.2) is 122 Å². The fraction of sp³-hybridized carbons (Fsp3) is 0.308. The average Bonchev–Trinajstić information content (AvgIpc) is 3.59. The molecular formula is C39H47N5O5. The van der Waals surface area contributed by atoms with Gasteiger partial charge in [0.15, 0.2) is 6.29 Å². The lowest BCUT2D eigenvalue weighted by Gasteiger charge is -2.39. The van der Waals surface area contributed by atoms with E-state index in [0.29, 0.717) is 11.3 Å². The van der Waals surface area contributed by atoms with Gasteiger partial charge in [-0.1, -0.05) is 99.6 Å². The van der Waals surface area contributed by atoms with Crippen LogP contribution in [-0.4, -0.2) is 54.8 Å². The Morgan fingerprint density at radius 3 is 1.94 bits per heavy atom. The van der Waals surface area contributed by atoms with Crippen molar-refractivity contribution in [2.75, 3.05) is 5.32 Å². The third-order valence-corrected chi connectivity index (χ3v) is 8.59. The lowest BCUT2D eigenvalue weighted by molar-refractivity contribution is -0.128. The molecule has 3 aromatic carbocycles. The Balaban J connectivity index is 1.36. The predicted octanol–water partition coefficient (Wildman–Crippen LogP) is 5.39. The number of aromatic nitrogens is 2. The maximum absolute atomic E-state index is 11.8. The van der Waals surface area contributed by atoms with Crippen LogP contribution in [0, 0.1) is 5.41 Å². The van der Waals surface area contributed by atoms with E-state index < -0.39 is 42.5 Å². The van der Waals surface area contributed by atoms with Crippen molar-refractivity contribution >= 4 is 5.69 Å². The van der Waals surface area contributed by atoms with E-state index in [1.54, 1.807) is 24.5 Å². The van der Waals surface area contributed by atoms with Crippen molar-refractivity contribution in [3.8, 4) is 22.3 Å². The molecule has 0 bridgehead atoms. The standard InChI is InChI=1S/C39H47N5O5/c1-39(2,3)35(38(48)42-32-17-20-41-21-18-32)43-37(47)33(23-34(45)49-25-26-7-5-4-6-8-26)44-22-19-31(24-44)29-11-9-27(10-12-29)28-13-15-30(16-14-28)36(40)46/h4-22,24,33-38,43,45-48H,23,25,40H2,1-3H3,(H,41,42)/t33-,34?,35-,36?,37?,38?/m1/s1. The van der Waals surface area contributed by atoms with Gasteiger partial charge < -0.3 is 40.8 Å². The molecule has 0 aliphatic heterocycles. The molecule has 8 N–H and O–H groups in total. The van der Waals surface area contributed by atoms with Crippen LogP contribution in [0.1, 0.15) is 50.6 Å². The number of nitrogens with one attached hydrogen (secondary N) is 2. The Bertz CT molecular complexity index is 1710. The van der Waals surface area contributed by atoms with Crippen molar-refractivity contribution in [1.82, 2.24) is 14.9 Å². The summed E-state index contributed by atoms with van der Waals surface area (Å²) in [7, 11) is 0. The number of nitrogens with two attached hydrogens (primary N) is 1. The van der Waals surface area contributed by atoms with Gasteiger partial charge in [0.25, 0.3) is 0 Å². The van der Waals surface area contributed by atoms with Gasteiger partial charge in [-0.25, -0.2) is 0 Å². The summed E-state index contributed by atoms with van der Waals surface area (Å²) in [4.78, 5) is 4.04. The minimum Gasteiger partial charge on any atom is -0.376 e. The SMILES string of the molecule is CC(C)(C)[C@H](NC(O)[C@@H](CC(O)OCc1ccccc1)n1ccc(-c2ccc(-c3ccc(C(N)O)cc3)cc2)c1)C(O)Nc1ccncc1. The van der Waals surface area contributed by atoms with Gasteiger partial charge in [-0.2, -0.15) is 0 Å². The summed E-state index contributed by atoms with van der Waals surface area (Å²) in [5.74, 6) is 0. The average molecular weight is 666 g/mol. The van der Waals surface area contributed by atoms with Crippen molar-refractivity contribution in [2.45, 2.75) is 70.9 Å². The van der Waals surface area contributed by atoms with E-state index in [1.165, 1.54) is 0 Å². The Kier molecular flexibility index (Phi) is 12.0. The van der Waals surface area contributed by atoms with Crippen LogP contribution in [0.5, 0.6) is 0 Å². The van der Waals surface area contributed by atoms with E-state index in [2.05, 4.69) is 15.6 Å². The minimum atomic E-state index is -1.18. The molecule has 5 rings (SSSR count). The molecule has 0 radical (unpaired) electrons. The summed E-state index contributed by atoms with van der Waals surface area (Å²) in [6.07, 6.45) is 2.75. The zero-order valence-electron chi connectivity index (χ0n) is 28.1. The molecule has 10 nitrogen and oxygen atoms in total. The fourth-order valence-corrected chi connectivity index (χ4v) is 5.78. The van der Waals surface area contributed by atoms with Crippen LogP contribution in [-0.2, 0) is 11.3 Å². The zero-order chi connectivity index (χ0) is 35.0. The molecule has 0 amide bonds. The maximum Gasteiger partial charge on any atom is 0.157 e. The number of rotatable bonds is 15. The second-order valence-electron chi connectivity index (χ2n) is 13.3. The van der Waals surface area contributed by atoms with Gasteiger partial charge >= 0.3 is 0 Å². The van der Waals surface area contributed by atoms with Gasteiger partial charge in [0.2, 0.25) is 0 Å². The summed E-state index contributed by atoms with van der Waals surface area (Å²) in [6, 6.07) is 29.4. The van der Waals surface area contributed by atoms with Crippen molar-refractivity contribution in [3.63, 3.8) is 0 Å². The first-order chi connectivity index (χ1) is 23.5. The monoisotopic (exact) mass is 665 g/mol. The molecule has 6 atom stereocenters. The Hall–Kier alpha value is -4.39. The highest BCUT2D eigenvalue weighted by molar-refractivity contribution is 5.70. The van der Waals surface area contributed by atoms with Gasteiger partial charge in [-0.3, -0.25) is 10.3 Å².